The van der Waals surface area contributed by atoms with E-state index in [-0.39, 0.29) is 24.0 Å². The Morgan fingerprint density at radius 1 is 1.31 bits per heavy atom. The lowest BCUT2D eigenvalue weighted by Gasteiger charge is -2.29. The molecule has 0 aromatic carbocycles. The van der Waals surface area contributed by atoms with Crippen LogP contribution < -0.4 is 5.32 Å². The Morgan fingerprint density at radius 3 is 2.88 bits per heavy atom. The molecule has 1 aromatic heterocycles. The van der Waals surface area contributed by atoms with E-state index in [0.29, 0.717) is 0 Å². The summed E-state index contributed by atoms with van der Waals surface area (Å²) in [5.41, 5.74) is 0. The second kappa shape index (κ2) is 11.8. The molecule has 3 rings (SSSR count). The maximum atomic E-state index is 5.45. The molecule has 0 aliphatic carbocycles. The summed E-state index contributed by atoms with van der Waals surface area (Å²) in [6.07, 6.45) is 4.96. The molecule has 2 aliphatic heterocycles. The Balaban J connectivity index is 0.00000243. The van der Waals surface area contributed by atoms with E-state index < -0.39 is 0 Å². The molecule has 3 heterocycles. The van der Waals surface area contributed by atoms with Crippen LogP contribution in [0.4, 0.5) is 0 Å². The van der Waals surface area contributed by atoms with Gasteiger partial charge in [-0.1, -0.05) is 6.92 Å². The highest BCUT2D eigenvalue weighted by molar-refractivity contribution is 14.0. The molecule has 0 radical (unpaired) electrons. The van der Waals surface area contributed by atoms with Crippen molar-refractivity contribution in [3.63, 3.8) is 0 Å². The number of rotatable bonds is 7. The maximum Gasteiger partial charge on any atom is 0.193 e. The number of nitrogens with one attached hydrogen (secondary N) is 1. The lowest BCUT2D eigenvalue weighted by molar-refractivity contribution is 0.0315. The van der Waals surface area contributed by atoms with Gasteiger partial charge in [-0.05, 0) is 30.9 Å². The molecule has 7 heteroatoms. The largest absolute Gasteiger partial charge is 0.469 e. The molecular weight excluding hydrogens is 443 g/mol. The van der Waals surface area contributed by atoms with Gasteiger partial charge < -0.3 is 19.4 Å². The highest BCUT2D eigenvalue weighted by Gasteiger charge is 2.27. The minimum absolute atomic E-state index is 0. The van der Waals surface area contributed by atoms with Crippen LogP contribution >= 0.6 is 24.0 Å². The predicted octanol–water partition coefficient (Wildman–Crippen LogP) is 2.45. The van der Waals surface area contributed by atoms with Gasteiger partial charge in [0, 0.05) is 52.2 Å². The first-order chi connectivity index (χ1) is 12.3. The van der Waals surface area contributed by atoms with Gasteiger partial charge in [-0.25, -0.2) is 0 Å². The minimum Gasteiger partial charge on any atom is -0.469 e. The molecule has 1 N–H and O–H groups in total. The number of aliphatic imine (C=N–C) groups is 1. The smallest absolute Gasteiger partial charge is 0.193 e. The van der Waals surface area contributed by atoms with Gasteiger partial charge in [-0.2, -0.15) is 0 Å². The molecular formula is C19H33IN4O2. The van der Waals surface area contributed by atoms with Crippen LogP contribution in [0.25, 0.3) is 0 Å². The molecule has 26 heavy (non-hydrogen) atoms. The van der Waals surface area contributed by atoms with Gasteiger partial charge in [0.2, 0.25) is 0 Å². The van der Waals surface area contributed by atoms with Crippen molar-refractivity contribution in [1.29, 1.82) is 0 Å². The van der Waals surface area contributed by atoms with Crippen LogP contribution in [0.15, 0.2) is 27.8 Å². The van der Waals surface area contributed by atoms with Crippen LogP contribution in [0.3, 0.4) is 0 Å². The van der Waals surface area contributed by atoms with Crippen molar-refractivity contribution in [1.82, 2.24) is 15.1 Å². The topological polar surface area (TPSA) is 53.2 Å². The maximum absolute atomic E-state index is 5.45. The molecule has 2 fully saturated rings. The SMILES string of the molecule is CCCN=C(NCCc1ccco1)N1CCC(CN2CCOCC2)C1.I. The van der Waals surface area contributed by atoms with Crippen molar-refractivity contribution in [3.05, 3.63) is 24.2 Å². The first kappa shape index (κ1) is 21.5. The Kier molecular flexibility index (Phi) is 9.77. The number of hydrogen-bond donors (Lipinski definition) is 1. The van der Waals surface area contributed by atoms with Gasteiger partial charge in [0.25, 0.3) is 0 Å². The third-order valence-corrected chi connectivity index (χ3v) is 4.93. The van der Waals surface area contributed by atoms with Crippen molar-refractivity contribution in [3.8, 4) is 0 Å². The average Bonchev–Trinajstić information content (AvgIpc) is 3.31. The van der Waals surface area contributed by atoms with Crippen molar-refractivity contribution < 1.29 is 9.15 Å². The Labute approximate surface area is 174 Å². The first-order valence-electron chi connectivity index (χ1n) is 9.71. The summed E-state index contributed by atoms with van der Waals surface area (Å²) < 4.78 is 10.9. The van der Waals surface area contributed by atoms with Crippen molar-refractivity contribution in [2.45, 2.75) is 26.2 Å². The number of halogens is 1. The Hall–Kier alpha value is -0.800. The highest BCUT2D eigenvalue weighted by atomic mass is 127. The fraction of sp³-hybridized carbons (Fsp3) is 0.737. The van der Waals surface area contributed by atoms with Gasteiger partial charge in [-0.15, -0.1) is 24.0 Å². The molecule has 6 nitrogen and oxygen atoms in total. The van der Waals surface area contributed by atoms with Crippen molar-refractivity contribution in [2.24, 2.45) is 10.9 Å². The van der Waals surface area contributed by atoms with Crippen LogP contribution in [0.1, 0.15) is 25.5 Å². The summed E-state index contributed by atoms with van der Waals surface area (Å²) in [6, 6.07) is 3.97. The van der Waals surface area contributed by atoms with E-state index in [4.69, 9.17) is 14.1 Å². The van der Waals surface area contributed by atoms with Gasteiger partial charge in [-0.3, -0.25) is 9.89 Å². The number of ether oxygens (including phenoxy) is 1. The number of morpholine rings is 1. The van der Waals surface area contributed by atoms with Crippen molar-refractivity contribution in [2.75, 3.05) is 59.0 Å². The van der Waals surface area contributed by atoms with E-state index in [9.17, 15) is 0 Å². The molecule has 2 saturated heterocycles. The van der Waals surface area contributed by atoms with Gasteiger partial charge in [0.1, 0.15) is 5.76 Å². The third kappa shape index (κ3) is 6.74. The van der Waals surface area contributed by atoms with Gasteiger partial charge in [0.15, 0.2) is 5.96 Å². The monoisotopic (exact) mass is 476 g/mol. The fourth-order valence-corrected chi connectivity index (χ4v) is 3.56. The number of hydrogen-bond acceptors (Lipinski definition) is 4. The van der Waals surface area contributed by atoms with Crippen LogP contribution in [0.2, 0.25) is 0 Å². The quantitative estimate of drug-likeness (QED) is 0.372. The summed E-state index contributed by atoms with van der Waals surface area (Å²) in [4.78, 5) is 9.77. The number of nitrogens with zero attached hydrogens (tertiary/aromatic N) is 3. The third-order valence-electron chi connectivity index (χ3n) is 4.93. The summed E-state index contributed by atoms with van der Waals surface area (Å²) in [5.74, 6) is 2.82. The standard InChI is InChI=1S/C19H32N4O2.HI/c1-2-7-20-19(21-8-5-18-4-3-12-25-18)23-9-6-17(16-23)15-22-10-13-24-14-11-22;/h3-4,12,17H,2,5-11,13-16H2,1H3,(H,20,21);1H. The van der Waals surface area contributed by atoms with Crippen LogP contribution in [-0.4, -0.2) is 74.8 Å². The molecule has 1 aromatic rings. The summed E-state index contributed by atoms with van der Waals surface area (Å²) >= 11 is 0. The average molecular weight is 476 g/mol. The molecule has 0 saturated carbocycles. The first-order valence-corrected chi connectivity index (χ1v) is 9.71. The van der Waals surface area contributed by atoms with Crippen molar-refractivity contribution >= 4 is 29.9 Å². The van der Waals surface area contributed by atoms with E-state index in [0.717, 1.165) is 83.0 Å². The van der Waals surface area contributed by atoms with E-state index in [1.807, 2.05) is 12.1 Å². The summed E-state index contributed by atoms with van der Waals surface area (Å²) in [7, 11) is 0. The normalized spacial score (nSPS) is 21.7. The van der Waals surface area contributed by atoms with Crippen LogP contribution in [0, 0.1) is 5.92 Å². The van der Waals surface area contributed by atoms with Gasteiger partial charge >= 0.3 is 0 Å². The lowest BCUT2D eigenvalue weighted by Crippen LogP contribution is -2.43. The molecule has 2 aliphatic rings. The Morgan fingerprint density at radius 2 is 2.15 bits per heavy atom. The second-order valence-electron chi connectivity index (χ2n) is 6.98. The zero-order chi connectivity index (χ0) is 17.3. The zero-order valence-corrected chi connectivity index (χ0v) is 18.2. The lowest BCUT2D eigenvalue weighted by atomic mass is 10.1. The molecule has 1 atom stereocenters. The van der Waals surface area contributed by atoms with Crippen LogP contribution in [0.5, 0.6) is 0 Å². The van der Waals surface area contributed by atoms with E-state index in [2.05, 4.69) is 22.0 Å². The minimum atomic E-state index is 0. The van der Waals surface area contributed by atoms with E-state index in [1.165, 1.54) is 13.0 Å². The molecule has 0 amide bonds. The number of guanidine groups is 1. The summed E-state index contributed by atoms with van der Waals surface area (Å²) in [5, 5.41) is 3.54. The highest BCUT2D eigenvalue weighted by Crippen LogP contribution is 2.18. The number of furan rings is 1. The van der Waals surface area contributed by atoms with Crippen LogP contribution in [-0.2, 0) is 11.2 Å². The molecule has 0 bridgehead atoms. The number of likely N-dealkylation sites (tertiary alicyclic amines) is 1. The summed E-state index contributed by atoms with van der Waals surface area (Å²) in [6.45, 7) is 11.2. The molecule has 1 unspecified atom stereocenters. The predicted molar refractivity (Wildman–Crippen MR) is 115 cm³/mol. The molecule has 148 valence electrons. The second-order valence-corrected chi connectivity index (χ2v) is 6.98. The van der Waals surface area contributed by atoms with Gasteiger partial charge in [0.05, 0.1) is 19.5 Å². The van der Waals surface area contributed by atoms with E-state index in [1.54, 1.807) is 6.26 Å². The fourth-order valence-electron chi connectivity index (χ4n) is 3.56. The zero-order valence-electron chi connectivity index (χ0n) is 15.9. The van der Waals surface area contributed by atoms with E-state index >= 15 is 0 Å². The Bertz CT molecular complexity index is 518. The molecule has 0 spiro atoms.